The van der Waals surface area contributed by atoms with Crippen molar-refractivity contribution in [2.24, 2.45) is 0 Å². The van der Waals surface area contributed by atoms with Crippen LogP contribution in [0, 0.1) is 6.92 Å². The van der Waals surface area contributed by atoms with E-state index in [1.807, 2.05) is 13.0 Å². The lowest BCUT2D eigenvalue weighted by Crippen LogP contribution is -2.23. The molecule has 0 fully saturated rings. The predicted molar refractivity (Wildman–Crippen MR) is 115 cm³/mol. The van der Waals surface area contributed by atoms with Crippen LogP contribution < -0.4 is 14.8 Å². The number of benzene rings is 2. The number of carbonyl (C=O) groups excluding carboxylic acids is 1. The molecule has 0 radical (unpaired) electrons. The van der Waals surface area contributed by atoms with Crippen LogP contribution in [0.2, 0.25) is 0 Å². The second-order valence-electron chi connectivity index (χ2n) is 7.25. The molecule has 2 heterocycles. The van der Waals surface area contributed by atoms with Crippen LogP contribution in [0.15, 0.2) is 65.8 Å². The van der Waals surface area contributed by atoms with Crippen molar-refractivity contribution < 1.29 is 22.7 Å². The average molecular weight is 439 g/mol. The average Bonchev–Trinajstić information content (AvgIpc) is 2.79. The number of sulfone groups is 1. The van der Waals surface area contributed by atoms with Crippen molar-refractivity contribution in [2.45, 2.75) is 24.1 Å². The summed E-state index contributed by atoms with van der Waals surface area (Å²) in [6.07, 6.45) is 3.35. The fraction of sp³-hybridized carbons (Fsp3) is 0.217. The van der Waals surface area contributed by atoms with Crippen LogP contribution in [0.25, 0.3) is 0 Å². The molecule has 4 rings (SSSR count). The normalized spacial score (nSPS) is 12.9. The number of nitrogens with zero attached hydrogens (tertiary/aromatic N) is 1. The molecule has 1 aromatic heterocycles. The molecule has 0 atom stereocenters. The standard InChI is InChI=1S/C23H22N2O5S/c1-16-4-5-18(23(26)25-14-17-3-2-8-24-13-17)11-19(16)15-31(27,28)20-6-7-21-22(12-20)30-10-9-29-21/h2-8,11-13H,9-10,14-15H2,1H3,(H,25,26). The molecule has 0 aliphatic carbocycles. The fourth-order valence-corrected chi connectivity index (χ4v) is 4.71. The molecule has 31 heavy (non-hydrogen) atoms. The van der Waals surface area contributed by atoms with Crippen molar-refractivity contribution >= 4 is 15.7 Å². The third kappa shape index (κ3) is 4.86. The highest BCUT2D eigenvalue weighted by Gasteiger charge is 2.21. The van der Waals surface area contributed by atoms with E-state index in [0.717, 1.165) is 11.1 Å². The zero-order chi connectivity index (χ0) is 21.8. The summed E-state index contributed by atoms with van der Waals surface area (Å²) in [5.74, 6) is 0.463. The maximum atomic E-state index is 13.0. The first-order valence-corrected chi connectivity index (χ1v) is 11.5. The second-order valence-corrected chi connectivity index (χ2v) is 9.24. The molecule has 2 aromatic carbocycles. The van der Waals surface area contributed by atoms with Gasteiger partial charge in [-0.2, -0.15) is 0 Å². The Labute approximate surface area is 181 Å². The molecule has 8 heteroatoms. The van der Waals surface area contributed by atoms with Gasteiger partial charge in [-0.25, -0.2) is 8.42 Å². The lowest BCUT2D eigenvalue weighted by Gasteiger charge is -2.19. The number of aryl methyl sites for hydroxylation is 1. The first-order chi connectivity index (χ1) is 14.9. The summed E-state index contributed by atoms with van der Waals surface area (Å²) in [6, 6.07) is 13.4. The van der Waals surface area contributed by atoms with Gasteiger partial charge in [-0.1, -0.05) is 12.1 Å². The van der Waals surface area contributed by atoms with Crippen LogP contribution in [0.5, 0.6) is 11.5 Å². The highest BCUT2D eigenvalue weighted by atomic mass is 32.2. The monoisotopic (exact) mass is 438 g/mol. The lowest BCUT2D eigenvalue weighted by molar-refractivity contribution is 0.0950. The van der Waals surface area contributed by atoms with Gasteiger partial charge in [0.1, 0.15) is 13.2 Å². The largest absolute Gasteiger partial charge is 0.486 e. The van der Waals surface area contributed by atoms with Crippen LogP contribution in [-0.2, 0) is 22.1 Å². The first kappa shape index (κ1) is 20.9. The van der Waals surface area contributed by atoms with Crippen molar-refractivity contribution in [1.82, 2.24) is 10.3 Å². The maximum Gasteiger partial charge on any atom is 0.251 e. The zero-order valence-corrected chi connectivity index (χ0v) is 17.8. The van der Waals surface area contributed by atoms with Gasteiger partial charge in [0, 0.05) is 30.6 Å². The number of hydrogen-bond donors (Lipinski definition) is 1. The van der Waals surface area contributed by atoms with Crippen LogP contribution >= 0.6 is 0 Å². The van der Waals surface area contributed by atoms with Crippen molar-refractivity contribution in [3.63, 3.8) is 0 Å². The molecular weight excluding hydrogens is 416 g/mol. The van der Waals surface area contributed by atoms with Gasteiger partial charge >= 0.3 is 0 Å². The Morgan fingerprint density at radius 2 is 1.87 bits per heavy atom. The smallest absolute Gasteiger partial charge is 0.251 e. The summed E-state index contributed by atoms with van der Waals surface area (Å²) in [7, 11) is -3.64. The molecule has 3 aromatic rings. The molecule has 0 saturated carbocycles. The number of nitrogens with one attached hydrogen (secondary N) is 1. The first-order valence-electron chi connectivity index (χ1n) is 9.81. The van der Waals surface area contributed by atoms with E-state index in [9.17, 15) is 13.2 Å². The third-order valence-corrected chi connectivity index (χ3v) is 6.67. The molecule has 1 aliphatic heterocycles. The summed E-state index contributed by atoms with van der Waals surface area (Å²) < 4.78 is 37.0. The minimum absolute atomic E-state index is 0.155. The molecule has 0 unspecified atom stereocenters. The Hall–Kier alpha value is -3.39. The molecule has 160 valence electrons. The number of rotatable bonds is 6. The molecule has 1 aliphatic rings. The SMILES string of the molecule is Cc1ccc(C(=O)NCc2cccnc2)cc1CS(=O)(=O)c1ccc2c(c1)OCCO2. The van der Waals surface area contributed by atoms with Gasteiger partial charge in [-0.05, 0) is 53.9 Å². The third-order valence-electron chi connectivity index (χ3n) is 5.01. The fourth-order valence-electron chi connectivity index (χ4n) is 3.26. The van der Waals surface area contributed by atoms with Gasteiger partial charge in [-0.3, -0.25) is 9.78 Å². The van der Waals surface area contributed by atoms with E-state index in [0.29, 0.717) is 42.4 Å². The van der Waals surface area contributed by atoms with Crippen LogP contribution in [-0.4, -0.2) is 32.5 Å². The minimum atomic E-state index is -3.64. The van der Waals surface area contributed by atoms with Gasteiger partial charge in [-0.15, -0.1) is 0 Å². The molecule has 0 spiro atoms. The van der Waals surface area contributed by atoms with Gasteiger partial charge in [0.05, 0.1) is 10.6 Å². The number of fused-ring (bicyclic) bond motifs is 1. The van der Waals surface area contributed by atoms with Gasteiger partial charge < -0.3 is 14.8 Å². The summed E-state index contributed by atoms with van der Waals surface area (Å²) in [6.45, 7) is 2.98. The van der Waals surface area contributed by atoms with Crippen molar-refractivity contribution in [2.75, 3.05) is 13.2 Å². The molecule has 0 saturated heterocycles. The highest BCUT2D eigenvalue weighted by molar-refractivity contribution is 7.90. The van der Waals surface area contributed by atoms with Crippen molar-refractivity contribution in [1.29, 1.82) is 0 Å². The number of ether oxygens (including phenoxy) is 2. The van der Waals surface area contributed by atoms with Gasteiger partial charge in [0.15, 0.2) is 21.3 Å². The topological polar surface area (TPSA) is 94.6 Å². The quantitative estimate of drug-likeness (QED) is 0.636. The summed E-state index contributed by atoms with van der Waals surface area (Å²) in [4.78, 5) is 16.7. The van der Waals surface area contributed by atoms with E-state index in [1.165, 1.54) is 12.1 Å². The van der Waals surface area contributed by atoms with E-state index in [1.54, 1.807) is 42.7 Å². The molecular formula is C23H22N2O5S. The van der Waals surface area contributed by atoms with Crippen LogP contribution in [0.3, 0.4) is 0 Å². The maximum absolute atomic E-state index is 13.0. The van der Waals surface area contributed by atoms with Crippen LogP contribution in [0.4, 0.5) is 0 Å². The van der Waals surface area contributed by atoms with E-state index in [4.69, 9.17) is 9.47 Å². The van der Waals surface area contributed by atoms with E-state index >= 15 is 0 Å². The summed E-state index contributed by atoms with van der Waals surface area (Å²) in [5.41, 5.74) is 2.65. The Balaban J connectivity index is 1.52. The number of hydrogen-bond acceptors (Lipinski definition) is 6. The lowest BCUT2D eigenvalue weighted by atomic mass is 10.1. The Kier molecular flexibility index (Phi) is 5.90. The zero-order valence-electron chi connectivity index (χ0n) is 17.0. The van der Waals surface area contributed by atoms with Gasteiger partial charge in [0.25, 0.3) is 5.91 Å². The van der Waals surface area contributed by atoms with Gasteiger partial charge in [0.2, 0.25) is 0 Å². The predicted octanol–water partition coefficient (Wildman–Crippen LogP) is 3.07. The van der Waals surface area contributed by atoms with Crippen LogP contribution in [0.1, 0.15) is 27.0 Å². The Morgan fingerprint density at radius 3 is 2.65 bits per heavy atom. The number of carbonyl (C=O) groups is 1. The Morgan fingerprint density at radius 1 is 1.06 bits per heavy atom. The second kappa shape index (κ2) is 8.77. The molecule has 1 N–H and O–H groups in total. The summed E-state index contributed by atoms with van der Waals surface area (Å²) >= 11 is 0. The van der Waals surface area contributed by atoms with E-state index < -0.39 is 9.84 Å². The molecule has 0 bridgehead atoms. The van der Waals surface area contributed by atoms with Crippen molar-refractivity contribution in [3.8, 4) is 11.5 Å². The van der Waals surface area contributed by atoms with E-state index in [2.05, 4.69) is 10.3 Å². The highest BCUT2D eigenvalue weighted by Crippen LogP contribution is 2.33. The minimum Gasteiger partial charge on any atom is -0.486 e. The summed E-state index contributed by atoms with van der Waals surface area (Å²) in [5, 5.41) is 2.83. The number of aromatic nitrogens is 1. The number of pyridine rings is 1. The number of amides is 1. The Bertz CT molecular complexity index is 1210. The molecule has 1 amide bonds. The van der Waals surface area contributed by atoms with E-state index in [-0.39, 0.29) is 16.6 Å². The van der Waals surface area contributed by atoms with Crippen molar-refractivity contribution in [3.05, 3.63) is 83.2 Å². The molecule has 7 nitrogen and oxygen atoms in total.